The van der Waals surface area contributed by atoms with E-state index in [4.69, 9.17) is 9.15 Å². The molecule has 1 saturated heterocycles. The molecule has 1 aromatic carbocycles. The number of carbonyl (C=O) groups excluding carboxylic acids is 2. The number of alkyl halides is 2. The Morgan fingerprint density at radius 1 is 1.10 bits per heavy atom. The Morgan fingerprint density at radius 3 is 2.51 bits per heavy atom. The Bertz CT molecular complexity index is 1460. The van der Waals surface area contributed by atoms with Crippen molar-refractivity contribution in [2.75, 3.05) is 26.3 Å². The summed E-state index contributed by atoms with van der Waals surface area (Å²) in [5, 5.41) is 6.93. The molecule has 39 heavy (non-hydrogen) atoms. The quantitative estimate of drug-likeness (QED) is 0.437. The van der Waals surface area contributed by atoms with E-state index < -0.39 is 17.7 Å². The zero-order valence-electron chi connectivity index (χ0n) is 21.6. The number of imide groups is 1. The van der Waals surface area contributed by atoms with Crippen molar-refractivity contribution in [2.45, 2.75) is 44.7 Å². The number of carbonyl (C=O) groups is 2. The molecule has 3 aromatic rings. The van der Waals surface area contributed by atoms with E-state index in [9.17, 15) is 18.4 Å². The highest BCUT2D eigenvalue weighted by Crippen LogP contribution is 2.38. The van der Waals surface area contributed by atoms with Crippen molar-refractivity contribution >= 4 is 17.4 Å². The van der Waals surface area contributed by atoms with Crippen LogP contribution in [0, 0.1) is 0 Å². The first kappa shape index (κ1) is 25.4. The van der Waals surface area contributed by atoms with Crippen LogP contribution in [0.3, 0.4) is 0 Å². The highest BCUT2D eigenvalue weighted by atomic mass is 19.3. The number of ether oxygens (including phenoxy) is 1. The van der Waals surface area contributed by atoms with Gasteiger partial charge >= 0.3 is 6.43 Å². The SMILES string of the molecule is CC1(C)C(=O)N(Cc2ccc(-c3nnc(C(F)F)o3)cn2)C(=O)c2ccc(C3=CCN(C4COC4)CC3)cc21. The van der Waals surface area contributed by atoms with Crippen LogP contribution in [0.4, 0.5) is 8.78 Å². The Hall–Kier alpha value is -3.83. The van der Waals surface area contributed by atoms with Gasteiger partial charge in [0.1, 0.15) is 0 Å². The smallest absolute Gasteiger partial charge is 0.314 e. The predicted octanol–water partition coefficient (Wildman–Crippen LogP) is 4.02. The van der Waals surface area contributed by atoms with E-state index in [0.717, 1.165) is 43.9 Å². The van der Waals surface area contributed by atoms with Crippen molar-refractivity contribution in [1.82, 2.24) is 25.0 Å². The molecule has 5 heterocycles. The molecule has 0 bridgehead atoms. The standard InChI is InChI=1S/C28H27F2N5O4/c1-28(2)22-11-17(16-7-9-34(10-8-16)20-14-38-15-20)4-6-21(22)26(36)35(27(28)37)13-19-5-3-18(12-31-19)24-32-33-25(39-24)23(29)30/h3-7,11-12,20,23H,8-10,13-15H2,1-2H3. The Morgan fingerprint density at radius 2 is 1.90 bits per heavy atom. The molecule has 0 saturated carbocycles. The van der Waals surface area contributed by atoms with Crippen LogP contribution in [0.5, 0.6) is 0 Å². The molecule has 2 amide bonds. The van der Waals surface area contributed by atoms with E-state index in [1.807, 2.05) is 32.0 Å². The minimum absolute atomic E-state index is 0.0272. The second kappa shape index (κ2) is 9.73. The maximum absolute atomic E-state index is 13.6. The van der Waals surface area contributed by atoms with Gasteiger partial charge in [-0.05, 0) is 61.2 Å². The fraction of sp³-hybridized carbons (Fsp3) is 0.393. The van der Waals surface area contributed by atoms with Crippen LogP contribution in [0.25, 0.3) is 17.0 Å². The molecule has 202 valence electrons. The van der Waals surface area contributed by atoms with Gasteiger partial charge in [-0.1, -0.05) is 12.1 Å². The predicted molar refractivity (Wildman–Crippen MR) is 136 cm³/mol. The fourth-order valence-corrected chi connectivity index (χ4v) is 5.24. The number of aromatic nitrogens is 3. The summed E-state index contributed by atoms with van der Waals surface area (Å²) in [6, 6.07) is 9.43. The van der Waals surface area contributed by atoms with Gasteiger partial charge in [0, 0.05) is 24.8 Å². The Kier molecular flexibility index (Phi) is 6.35. The monoisotopic (exact) mass is 535 g/mol. The number of halogens is 2. The van der Waals surface area contributed by atoms with Crippen LogP contribution in [0.15, 0.2) is 47.0 Å². The van der Waals surface area contributed by atoms with E-state index in [2.05, 4.69) is 26.2 Å². The third kappa shape index (κ3) is 4.55. The average molecular weight is 536 g/mol. The summed E-state index contributed by atoms with van der Waals surface area (Å²) < 4.78 is 35.8. The first-order chi connectivity index (χ1) is 18.7. The molecule has 0 radical (unpaired) electrons. The van der Waals surface area contributed by atoms with Crippen LogP contribution in [-0.4, -0.2) is 69.1 Å². The topological polar surface area (TPSA) is 102 Å². The van der Waals surface area contributed by atoms with Gasteiger partial charge < -0.3 is 9.15 Å². The van der Waals surface area contributed by atoms with Crippen LogP contribution in [0.2, 0.25) is 0 Å². The summed E-state index contributed by atoms with van der Waals surface area (Å²) in [6.45, 7) is 7.03. The number of rotatable bonds is 6. The van der Waals surface area contributed by atoms with Gasteiger partial charge in [-0.3, -0.25) is 24.4 Å². The zero-order valence-corrected chi connectivity index (χ0v) is 21.6. The molecule has 0 atom stereocenters. The van der Waals surface area contributed by atoms with Crippen LogP contribution < -0.4 is 0 Å². The van der Waals surface area contributed by atoms with Crippen molar-refractivity contribution in [1.29, 1.82) is 0 Å². The highest BCUT2D eigenvalue weighted by Gasteiger charge is 2.44. The molecule has 3 aliphatic heterocycles. The fourth-order valence-electron chi connectivity index (χ4n) is 5.24. The molecular weight excluding hydrogens is 508 g/mol. The minimum Gasteiger partial charge on any atom is -0.415 e. The van der Waals surface area contributed by atoms with Gasteiger partial charge in [0.05, 0.1) is 42.5 Å². The lowest BCUT2D eigenvalue weighted by atomic mass is 9.76. The second-order valence-electron chi connectivity index (χ2n) is 10.5. The largest absolute Gasteiger partial charge is 0.415 e. The summed E-state index contributed by atoms with van der Waals surface area (Å²) >= 11 is 0. The molecular formula is C28H27F2N5O4. The van der Waals surface area contributed by atoms with Crippen molar-refractivity contribution < 1.29 is 27.5 Å². The molecule has 0 unspecified atom stereocenters. The number of nitrogens with zero attached hydrogens (tertiary/aromatic N) is 5. The Labute approximate surface area is 223 Å². The molecule has 0 N–H and O–H groups in total. The lowest BCUT2D eigenvalue weighted by Crippen LogP contribution is -2.51. The lowest BCUT2D eigenvalue weighted by molar-refractivity contribution is -0.134. The molecule has 2 aromatic heterocycles. The molecule has 0 spiro atoms. The van der Waals surface area contributed by atoms with Crippen LogP contribution in [-0.2, 0) is 21.5 Å². The number of fused-ring (bicyclic) bond motifs is 1. The van der Waals surface area contributed by atoms with Crippen molar-refractivity contribution in [2.24, 2.45) is 0 Å². The van der Waals surface area contributed by atoms with Gasteiger partial charge in [-0.2, -0.15) is 8.78 Å². The average Bonchev–Trinajstić information content (AvgIpc) is 3.41. The van der Waals surface area contributed by atoms with E-state index in [-0.39, 0.29) is 24.2 Å². The number of pyridine rings is 1. The number of benzene rings is 1. The first-order valence-corrected chi connectivity index (χ1v) is 12.8. The van der Waals surface area contributed by atoms with Gasteiger partial charge in [0.25, 0.3) is 11.8 Å². The van der Waals surface area contributed by atoms with Crippen molar-refractivity contribution in [3.63, 3.8) is 0 Å². The summed E-state index contributed by atoms with van der Waals surface area (Å²) in [4.78, 5) is 35.0. The lowest BCUT2D eigenvalue weighted by Gasteiger charge is -2.39. The van der Waals surface area contributed by atoms with Crippen molar-refractivity contribution in [3.8, 4) is 11.5 Å². The summed E-state index contributed by atoms with van der Waals surface area (Å²) in [6.07, 6.45) is 1.65. The summed E-state index contributed by atoms with van der Waals surface area (Å²) in [7, 11) is 0. The van der Waals surface area contributed by atoms with Crippen LogP contribution in [0.1, 0.15) is 59.8 Å². The maximum Gasteiger partial charge on any atom is 0.314 e. The molecule has 1 fully saturated rings. The summed E-state index contributed by atoms with van der Waals surface area (Å²) in [5.41, 5.74) is 3.37. The minimum atomic E-state index is -2.87. The van der Waals surface area contributed by atoms with Gasteiger partial charge in [-0.15, -0.1) is 10.2 Å². The molecule has 3 aliphatic rings. The zero-order chi connectivity index (χ0) is 27.3. The summed E-state index contributed by atoms with van der Waals surface area (Å²) in [5.74, 6) is -1.54. The molecule has 9 nitrogen and oxygen atoms in total. The van der Waals surface area contributed by atoms with Gasteiger partial charge in [0.15, 0.2) is 0 Å². The second-order valence-corrected chi connectivity index (χ2v) is 10.5. The van der Waals surface area contributed by atoms with E-state index in [1.54, 1.807) is 12.1 Å². The number of amides is 2. The van der Waals surface area contributed by atoms with E-state index in [1.165, 1.54) is 16.7 Å². The third-order valence-electron chi connectivity index (χ3n) is 7.72. The first-order valence-electron chi connectivity index (χ1n) is 12.8. The van der Waals surface area contributed by atoms with E-state index in [0.29, 0.717) is 22.9 Å². The maximum atomic E-state index is 13.6. The number of hydrogen-bond acceptors (Lipinski definition) is 8. The van der Waals surface area contributed by atoms with Gasteiger partial charge in [0.2, 0.25) is 11.8 Å². The molecule has 6 rings (SSSR count). The molecule has 0 aliphatic carbocycles. The van der Waals surface area contributed by atoms with Gasteiger partial charge in [-0.25, -0.2) is 0 Å². The van der Waals surface area contributed by atoms with E-state index >= 15 is 0 Å². The highest BCUT2D eigenvalue weighted by molar-refractivity contribution is 6.13. The third-order valence-corrected chi connectivity index (χ3v) is 7.72. The van der Waals surface area contributed by atoms with Crippen molar-refractivity contribution in [3.05, 3.63) is 70.9 Å². The Balaban J connectivity index is 1.21. The normalized spacial score (nSPS) is 19.7. The number of hydrogen-bond donors (Lipinski definition) is 0. The molecule has 11 heteroatoms. The van der Waals surface area contributed by atoms with Crippen LogP contribution >= 0.6 is 0 Å².